The van der Waals surface area contributed by atoms with Crippen LogP contribution in [0.1, 0.15) is 21.8 Å². The van der Waals surface area contributed by atoms with E-state index in [4.69, 9.17) is 5.11 Å². The van der Waals surface area contributed by atoms with Gasteiger partial charge in [-0.3, -0.25) is 9.59 Å². The number of carboxylic acids is 1. The minimum Gasteiger partial charge on any atom is -0.481 e. The maximum atomic E-state index is 11.8. The van der Waals surface area contributed by atoms with E-state index in [1.165, 1.54) is 11.3 Å². The minimum absolute atomic E-state index is 0.189. The molecule has 0 saturated carbocycles. The SMILES string of the molecule is Cc1ncsc1C(=O)NC1C=CC(C(=O)O)C1. The van der Waals surface area contributed by atoms with Gasteiger partial charge in [-0.2, -0.15) is 0 Å². The smallest absolute Gasteiger partial charge is 0.310 e. The Kier molecular flexibility index (Phi) is 3.23. The molecule has 1 amide bonds. The van der Waals surface area contributed by atoms with Crippen molar-refractivity contribution >= 4 is 23.2 Å². The van der Waals surface area contributed by atoms with Gasteiger partial charge in [0.15, 0.2) is 0 Å². The molecule has 0 bridgehead atoms. The fourth-order valence-corrected chi connectivity index (χ4v) is 2.45. The van der Waals surface area contributed by atoms with Crippen molar-refractivity contribution in [2.24, 2.45) is 5.92 Å². The number of nitrogens with one attached hydrogen (secondary N) is 1. The number of thiazole rings is 1. The molecular weight excluding hydrogens is 240 g/mol. The van der Waals surface area contributed by atoms with Gasteiger partial charge in [-0.25, -0.2) is 4.98 Å². The van der Waals surface area contributed by atoms with E-state index in [-0.39, 0.29) is 11.9 Å². The first kappa shape index (κ1) is 11.8. The Morgan fingerprint density at radius 2 is 2.29 bits per heavy atom. The molecule has 1 aliphatic rings. The number of aryl methyl sites for hydroxylation is 1. The van der Waals surface area contributed by atoms with E-state index in [1.54, 1.807) is 24.6 Å². The molecule has 0 aromatic carbocycles. The molecule has 1 aromatic rings. The molecular formula is C11H12N2O3S. The minimum atomic E-state index is -0.855. The Morgan fingerprint density at radius 3 is 2.82 bits per heavy atom. The molecule has 1 aliphatic carbocycles. The molecule has 1 aromatic heterocycles. The lowest BCUT2D eigenvalue weighted by atomic mass is 10.1. The van der Waals surface area contributed by atoms with Crippen LogP contribution in [0.25, 0.3) is 0 Å². The third-order valence-corrected chi connectivity index (χ3v) is 3.60. The summed E-state index contributed by atoms with van der Waals surface area (Å²) >= 11 is 1.28. The number of carbonyl (C=O) groups is 2. The molecule has 1 heterocycles. The second-order valence-corrected chi connectivity index (χ2v) is 4.77. The zero-order chi connectivity index (χ0) is 12.4. The molecule has 2 atom stereocenters. The maximum absolute atomic E-state index is 11.8. The van der Waals surface area contributed by atoms with Crippen molar-refractivity contribution in [3.05, 3.63) is 28.2 Å². The lowest BCUT2D eigenvalue weighted by molar-refractivity contribution is -0.140. The highest BCUT2D eigenvalue weighted by Gasteiger charge is 2.26. The highest BCUT2D eigenvalue weighted by molar-refractivity contribution is 7.11. The second kappa shape index (κ2) is 4.67. The number of carbonyl (C=O) groups excluding carboxylic acids is 1. The van der Waals surface area contributed by atoms with Gasteiger partial charge in [0.2, 0.25) is 0 Å². The average molecular weight is 252 g/mol. The molecule has 17 heavy (non-hydrogen) atoms. The maximum Gasteiger partial charge on any atom is 0.310 e. The van der Waals surface area contributed by atoms with Gasteiger partial charge in [-0.05, 0) is 13.3 Å². The van der Waals surface area contributed by atoms with Gasteiger partial charge < -0.3 is 10.4 Å². The summed E-state index contributed by atoms with van der Waals surface area (Å²) in [5.41, 5.74) is 2.32. The fraction of sp³-hybridized carbons (Fsp3) is 0.364. The quantitative estimate of drug-likeness (QED) is 0.792. The van der Waals surface area contributed by atoms with E-state index in [0.717, 1.165) is 0 Å². The van der Waals surface area contributed by atoms with Crippen LogP contribution in [-0.2, 0) is 4.79 Å². The lowest BCUT2D eigenvalue weighted by Crippen LogP contribution is -2.33. The molecule has 0 spiro atoms. The molecule has 5 nitrogen and oxygen atoms in total. The summed E-state index contributed by atoms with van der Waals surface area (Å²) in [6.07, 6.45) is 3.76. The van der Waals surface area contributed by atoms with E-state index in [0.29, 0.717) is 17.0 Å². The summed E-state index contributed by atoms with van der Waals surface area (Å²) in [6.45, 7) is 1.77. The van der Waals surface area contributed by atoms with Crippen molar-refractivity contribution in [1.82, 2.24) is 10.3 Å². The van der Waals surface area contributed by atoms with Gasteiger partial charge in [0, 0.05) is 6.04 Å². The molecule has 90 valence electrons. The van der Waals surface area contributed by atoms with E-state index in [1.807, 2.05) is 0 Å². The van der Waals surface area contributed by atoms with Gasteiger partial charge >= 0.3 is 5.97 Å². The Labute approximate surface area is 102 Å². The van der Waals surface area contributed by atoms with Gasteiger partial charge in [0.1, 0.15) is 4.88 Å². The number of rotatable bonds is 3. The predicted molar refractivity (Wildman–Crippen MR) is 63.0 cm³/mol. The Hall–Kier alpha value is -1.69. The van der Waals surface area contributed by atoms with Crippen LogP contribution in [0.4, 0.5) is 0 Å². The van der Waals surface area contributed by atoms with Gasteiger partial charge in [-0.1, -0.05) is 12.2 Å². The number of aliphatic carboxylic acids is 1. The van der Waals surface area contributed by atoms with Crippen molar-refractivity contribution in [1.29, 1.82) is 0 Å². The third-order valence-electron chi connectivity index (χ3n) is 2.67. The third kappa shape index (κ3) is 2.52. The summed E-state index contributed by atoms with van der Waals surface area (Å²) < 4.78 is 0. The molecule has 0 radical (unpaired) electrons. The average Bonchev–Trinajstić information content (AvgIpc) is 2.86. The predicted octanol–water partition coefficient (Wildman–Crippen LogP) is 1.21. The molecule has 2 N–H and O–H groups in total. The lowest BCUT2D eigenvalue weighted by Gasteiger charge is -2.11. The number of hydrogen-bond donors (Lipinski definition) is 2. The highest BCUT2D eigenvalue weighted by Crippen LogP contribution is 2.19. The molecule has 0 aliphatic heterocycles. The Balaban J connectivity index is 1.96. The zero-order valence-electron chi connectivity index (χ0n) is 9.21. The molecule has 0 saturated heterocycles. The monoisotopic (exact) mass is 252 g/mol. The van der Waals surface area contributed by atoms with Gasteiger partial charge in [0.25, 0.3) is 5.91 Å². The van der Waals surface area contributed by atoms with Crippen LogP contribution in [0.5, 0.6) is 0 Å². The summed E-state index contributed by atoms with van der Waals surface area (Å²) in [5, 5.41) is 11.6. The van der Waals surface area contributed by atoms with Crippen molar-refractivity contribution < 1.29 is 14.7 Å². The Morgan fingerprint density at radius 1 is 1.53 bits per heavy atom. The molecule has 0 fully saturated rings. The summed E-state index contributed by atoms with van der Waals surface area (Å²) in [7, 11) is 0. The van der Waals surface area contributed by atoms with Crippen LogP contribution < -0.4 is 5.32 Å². The first-order valence-electron chi connectivity index (χ1n) is 5.20. The van der Waals surface area contributed by atoms with Crippen molar-refractivity contribution in [2.45, 2.75) is 19.4 Å². The normalized spacial score (nSPS) is 22.6. The topological polar surface area (TPSA) is 79.3 Å². The van der Waals surface area contributed by atoms with Crippen molar-refractivity contribution in [2.75, 3.05) is 0 Å². The zero-order valence-corrected chi connectivity index (χ0v) is 10.0. The second-order valence-electron chi connectivity index (χ2n) is 3.91. The first-order chi connectivity index (χ1) is 8.08. The van der Waals surface area contributed by atoms with Gasteiger partial charge in [0.05, 0.1) is 17.1 Å². The van der Waals surface area contributed by atoms with Crippen LogP contribution in [0.3, 0.4) is 0 Å². The molecule has 2 unspecified atom stereocenters. The number of amides is 1. The van der Waals surface area contributed by atoms with Crippen molar-refractivity contribution in [3.63, 3.8) is 0 Å². The van der Waals surface area contributed by atoms with E-state index in [9.17, 15) is 9.59 Å². The molecule has 6 heteroatoms. The summed E-state index contributed by atoms with van der Waals surface area (Å²) in [4.78, 5) is 27.2. The van der Waals surface area contributed by atoms with Crippen LogP contribution in [0.15, 0.2) is 17.7 Å². The first-order valence-corrected chi connectivity index (χ1v) is 6.08. The number of nitrogens with zero attached hydrogens (tertiary/aromatic N) is 1. The largest absolute Gasteiger partial charge is 0.481 e. The van der Waals surface area contributed by atoms with Crippen LogP contribution in [-0.4, -0.2) is 28.0 Å². The highest BCUT2D eigenvalue weighted by atomic mass is 32.1. The van der Waals surface area contributed by atoms with E-state index < -0.39 is 11.9 Å². The fourth-order valence-electron chi connectivity index (χ4n) is 1.74. The van der Waals surface area contributed by atoms with Crippen molar-refractivity contribution in [3.8, 4) is 0 Å². The van der Waals surface area contributed by atoms with E-state index in [2.05, 4.69) is 10.3 Å². The number of aromatic nitrogens is 1. The summed E-state index contributed by atoms with van der Waals surface area (Å²) in [5.74, 6) is -1.54. The van der Waals surface area contributed by atoms with Crippen LogP contribution in [0.2, 0.25) is 0 Å². The Bertz CT molecular complexity index is 481. The van der Waals surface area contributed by atoms with Crippen LogP contribution >= 0.6 is 11.3 Å². The summed E-state index contributed by atoms with van der Waals surface area (Å²) in [6, 6.07) is -0.204. The standard InChI is InChI=1S/C11H12N2O3S/c1-6-9(17-5-12-6)10(14)13-8-3-2-7(4-8)11(15)16/h2-3,5,7-8H,4H2,1H3,(H,13,14)(H,15,16). The van der Waals surface area contributed by atoms with Crippen LogP contribution in [0, 0.1) is 12.8 Å². The number of hydrogen-bond acceptors (Lipinski definition) is 4. The molecule has 2 rings (SSSR count). The van der Waals surface area contributed by atoms with E-state index >= 15 is 0 Å². The number of carboxylic acid groups (broad SMARTS) is 1. The van der Waals surface area contributed by atoms with Gasteiger partial charge in [-0.15, -0.1) is 11.3 Å².